The summed E-state index contributed by atoms with van der Waals surface area (Å²) in [6, 6.07) is 3.63. The molecule has 0 aromatic heterocycles. The van der Waals surface area contributed by atoms with Gasteiger partial charge in [-0.1, -0.05) is 12.8 Å². The van der Waals surface area contributed by atoms with Gasteiger partial charge in [-0.25, -0.2) is 13.6 Å². The number of hydrogen-bond donors (Lipinski definition) is 2. The second-order valence-electron chi connectivity index (χ2n) is 4.64. The molecule has 0 heterocycles. The molecule has 1 aromatic carbocycles. The van der Waals surface area contributed by atoms with Gasteiger partial charge in [-0.05, 0) is 24.5 Å². The van der Waals surface area contributed by atoms with Crippen LogP contribution in [-0.2, 0) is 10.0 Å². The number of nitrogens with one attached hydrogen (secondary N) is 1. The van der Waals surface area contributed by atoms with E-state index in [4.69, 9.17) is 5.14 Å². The Morgan fingerprint density at radius 3 is 2.63 bits per heavy atom. The van der Waals surface area contributed by atoms with Crippen molar-refractivity contribution in [3.05, 3.63) is 28.3 Å². The van der Waals surface area contributed by atoms with Crippen LogP contribution < -0.4 is 10.5 Å². The molecule has 7 nitrogen and oxygen atoms in total. The molecule has 104 valence electrons. The highest BCUT2D eigenvalue weighted by Crippen LogP contribution is 2.33. The maximum atomic E-state index is 11.2. The van der Waals surface area contributed by atoms with Crippen LogP contribution in [0, 0.1) is 16.0 Å². The number of nitrogens with zero attached hydrogens (tertiary/aromatic N) is 1. The SMILES string of the molecule is NS(=O)(=O)c1ccc(NCCC2CC2)c([N+](=O)[O-])c1. The van der Waals surface area contributed by atoms with Crippen molar-refractivity contribution in [2.24, 2.45) is 11.1 Å². The molecule has 3 N–H and O–H groups in total. The van der Waals surface area contributed by atoms with Crippen molar-refractivity contribution in [1.29, 1.82) is 0 Å². The van der Waals surface area contributed by atoms with Gasteiger partial charge in [-0.15, -0.1) is 0 Å². The highest BCUT2D eigenvalue weighted by Gasteiger charge is 2.22. The fourth-order valence-electron chi connectivity index (χ4n) is 1.81. The van der Waals surface area contributed by atoms with Crippen molar-refractivity contribution < 1.29 is 13.3 Å². The maximum absolute atomic E-state index is 11.2. The van der Waals surface area contributed by atoms with E-state index >= 15 is 0 Å². The maximum Gasteiger partial charge on any atom is 0.293 e. The number of anilines is 1. The van der Waals surface area contributed by atoms with Crippen molar-refractivity contribution in [3.8, 4) is 0 Å². The third-order valence-electron chi connectivity index (χ3n) is 3.06. The Bertz CT molecular complexity index is 596. The average Bonchev–Trinajstić information content (AvgIpc) is 3.11. The quantitative estimate of drug-likeness (QED) is 0.606. The van der Waals surface area contributed by atoms with E-state index in [0.717, 1.165) is 18.4 Å². The molecule has 0 saturated heterocycles. The first-order chi connectivity index (χ1) is 8.88. The number of primary sulfonamides is 1. The van der Waals surface area contributed by atoms with Crippen LogP contribution in [0.4, 0.5) is 11.4 Å². The van der Waals surface area contributed by atoms with Gasteiger partial charge in [-0.2, -0.15) is 0 Å². The highest BCUT2D eigenvalue weighted by atomic mass is 32.2. The number of hydrogen-bond acceptors (Lipinski definition) is 5. The van der Waals surface area contributed by atoms with Gasteiger partial charge in [0.15, 0.2) is 0 Å². The van der Waals surface area contributed by atoms with Gasteiger partial charge in [0, 0.05) is 12.6 Å². The Balaban J connectivity index is 2.19. The van der Waals surface area contributed by atoms with Crippen LogP contribution in [0.15, 0.2) is 23.1 Å². The van der Waals surface area contributed by atoms with E-state index < -0.39 is 14.9 Å². The van der Waals surface area contributed by atoms with E-state index in [1.54, 1.807) is 0 Å². The molecule has 1 aliphatic carbocycles. The van der Waals surface area contributed by atoms with E-state index in [1.807, 2.05) is 0 Å². The van der Waals surface area contributed by atoms with Crippen LogP contribution in [0.3, 0.4) is 0 Å². The first-order valence-electron chi connectivity index (χ1n) is 5.93. The van der Waals surface area contributed by atoms with Gasteiger partial charge < -0.3 is 5.32 Å². The Morgan fingerprint density at radius 2 is 2.11 bits per heavy atom. The molecule has 0 radical (unpaired) electrons. The molecule has 0 aliphatic heterocycles. The molecular weight excluding hydrogens is 270 g/mol. The van der Waals surface area contributed by atoms with E-state index in [0.29, 0.717) is 12.2 Å². The van der Waals surface area contributed by atoms with Crippen molar-refractivity contribution in [2.45, 2.75) is 24.2 Å². The summed E-state index contributed by atoms with van der Waals surface area (Å²) in [7, 11) is -3.93. The average molecular weight is 285 g/mol. The summed E-state index contributed by atoms with van der Waals surface area (Å²) < 4.78 is 22.3. The fourth-order valence-corrected chi connectivity index (χ4v) is 2.34. The van der Waals surface area contributed by atoms with E-state index in [9.17, 15) is 18.5 Å². The zero-order valence-corrected chi connectivity index (χ0v) is 11.0. The lowest BCUT2D eigenvalue weighted by Crippen LogP contribution is -2.13. The zero-order valence-electron chi connectivity index (χ0n) is 10.2. The predicted molar refractivity (Wildman–Crippen MR) is 70.3 cm³/mol. The Kier molecular flexibility index (Phi) is 3.72. The Labute approximate surface area is 111 Å². The number of sulfonamides is 1. The highest BCUT2D eigenvalue weighted by molar-refractivity contribution is 7.89. The number of nitro benzene ring substituents is 1. The van der Waals surface area contributed by atoms with E-state index in [2.05, 4.69) is 5.32 Å². The minimum absolute atomic E-state index is 0.257. The minimum Gasteiger partial charge on any atom is -0.379 e. The van der Waals surface area contributed by atoms with Crippen LogP contribution in [0.2, 0.25) is 0 Å². The van der Waals surface area contributed by atoms with Crippen molar-refractivity contribution in [2.75, 3.05) is 11.9 Å². The first kappa shape index (κ1) is 13.8. The molecule has 0 atom stereocenters. The van der Waals surface area contributed by atoms with Gasteiger partial charge in [0.25, 0.3) is 5.69 Å². The van der Waals surface area contributed by atoms with Crippen LogP contribution >= 0.6 is 0 Å². The lowest BCUT2D eigenvalue weighted by atomic mass is 10.2. The van der Waals surface area contributed by atoms with E-state index in [-0.39, 0.29) is 10.6 Å². The standard InChI is InChI=1S/C11H15N3O4S/c12-19(17,18)9-3-4-10(11(7-9)14(15)16)13-6-5-8-1-2-8/h3-4,7-8,13H,1-2,5-6H2,(H2,12,17,18). The molecule has 0 unspecified atom stereocenters. The van der Waals surface area contributed by atoms with Crippen LogP contribution in [0.25, 0.3) is 0 Å². The summed E-state index contributed by atoms with van der Waals surface area (Å²) in [6.45, 7) is 0.639. The molecule has 1 aliphatic rings. The van der Waals surface area contributed by atoms with Gasteiger partial charge in [-0.3, -0.25) is 10.1 Å². The second-order valence-corrected chi connectivity index (χ2v) is 6.20. The summed E-state index contributed by atoms with van der Waals surface area (Å²) in [5.41, 5.74) is 0.0420. The molecule has 1 saturated carbocycles. The number of benzene rings is 1. The van der Waals surface area contributed by atoms with E-state index in [1.165, 1.54) is 25.0 Å². The molecule has 0 spiro atoms. The first-order valence-corrected chi connectivity index (χ1v) is 7.47. The summed E-state index contributed by atoms with van der Waals surface area (Å²) in [5.74, 6) is 0.718. The second kappa shape index (κ2) is 5.14. The van der Waals surface area contributed by atoms with Gasteiger partial charge in [0.2, 0.25) is 10.0 Å². The molecule has 0 bridgehead atoms. The summed E-state index contributed by atoms with van der Waals surface area (Å²) in [4.78, 5) is 10.1. The third-order valence-corrected chi connectivity index (χ3v) is 3.97. The molecule has 1 fully saturated rings. The fraction of sp³-hybridized carbons (Fsp3) is 0.455. The van der Waals surface area contributed by atoms with Crippen molar-refractivity contribution in [3.63, 3.8) is 0 Å². The Morgan fingerprint density at radius 1 is 1.42 bits per heavy atom. The van der Waals surface area contributed by atoms with Crippen molar-refractivity contribution >= 4 is 21.4 Å². The molecule has 0 amide bonds. The normalized spacial score (nSPS) is 15.2. The number of nitro groups is 1. The molecule has 19 heavy (non-hydrogen) atoms. The zero-order chi connectivity index (χ0) is 14.0. The van der Waals surface area contributed by atoms with Crippen LogP contribution in [0.1, 0.15) is 19.3 Å². The largest absolute Gasteiger partial charge is 0.379 e. The van der Waals surface area contributed by atoms with Gasteiger partial charge in [0.05, 0.1) is 9.82 Å². The topological polar surface area (TPSA) is 115 Å². The van der Waals surface area contributed by atoms with Crippen molar-refractivity contribution in [1.82, 2.24) is 0 Å². The third kappa shape index (κ3) is 3.65. The van der Waals surface area contributed by atoms with Crippen LogP contribution in [-0.4, -0.2) is 19.9 Å². The monoisotopic (exact) mass is 285 g/mol. The lowest BCUT2D eigenvalue weighted by molar-refractivity contribution is -0.384. The summed E-state index contributed by atoms with van der Waals surface area (Å²) >= 11 is 0. The predicted octanol–water partition coefficient (Wildman–Crippen LogP) is 1.45. The van der Waals surface area contributed by atoms with Crippen LogP contribution in [0.5, 0.6) is 0 Å². The number of rotatable bonds is 6. The molecule has 2 rings (SSSR count). The lowest BCUT2D eigenvalue weighted by Gasteiger charge is -2.07. The molecule has 8 heteroatoms. The summed E-state index contributed by atoms with van der Waals surface area (Å²) in [6.07, 6.45) is 3.40. The molecular formula is C11H15N3O4S. The minimum atomic E-state index is -3.93. The van der Waals surface area contributed by atoms with Gasteiger partial charge in [0.1, 0.15) is 5.69 Å². The number of nitrogens with two attached hydrogens (primary N) is 1. The van der Waals surface area contributed by atoms with Gasteiger partial charge >= 0.3 is 0 Å². The summed E-state index contributed by atoms with van der Waals surface area (Å²) in [5, 5.41) is 18.9. The molecule has 1 aromatic rings. The Hall–Kier alpha value is -1.67. The smallest absolute Gasteiger partial charge is 0.293 e.